The first kappa shape index (κ1) is 30.6. The third kappa shape index (κ3) is 6.72. The van der Waals surface area contributed by atoms with Crippen LogP contribution in [0.5, 0.6) is 5.75 Å². The minimum absolute atomic E-state index is 0.187. The Morgan fingerprint density at radius 3 is 2.04 bits per heavy atom. The highest BCUT2D eigenvalue weighted by molar-refractivity contribution is 7.14. The van der Waals surface area contributed by atoms with Gasteiger partial charge in [-0.05, 0) is 41.0 Å². The lowest BCUT2D eigenvalue weighted by Crippen LogP contribution is -2.43. The molecule has 7 aromatic rings. The number of benzene rings is 4. The van der Waals surface area contributed by atoms with Crippen molar-refractivity contribution in [1.29, 1.82) is 0 Å². The van der Waals surface area contributed by atoms with E-state index in [0.717, 1.165) is 32.6 Å². The number of amides is 1. The second-order valence-electron chi connectivity index (χ2n) is 11.2. The first-order valence-corrected chi connectivity index (χ1v) is 16.2. The zero-order valence-corrected chi connectivity index (χ0v) is 26.5. The van der Waals surface area contributed by atoms with Gasteiger partial charge < -0.3 is 14.6 Å². The molecule has 11 heteroatoms. The molecule has 0 aliphatic carbocycles. The lowest BCUT2D eigenvalue weighted by atomic mass is 10.2. The van der Waals surface area contributed by atoms with Gasteiger partial charge in [-0.1, -0.05) is 91.0 Å². The highest BCUT2D eigenvalue weighted by atomic mass is 32.1. The van der Waals surface area contributed by atoms with E-state index < -0.39 is 23.7 Å². The number of rotatable bonds is 11. The Morgan fingerprint density at radius 1 is 0.750 bits per heavy atom. The normalized spacial score (nSPS) is 11.1. The van der Waals surface area contributed by atoms with Gasteiger partial charge in [0.2, 0.25) is 5.91 Å². The third-order valence-electron chi connectivity index (χ3n) is 7.81. The van der Waals surface area contributed by atoms with E-state index in [0.29, 0.717) is 24.0 Å². The summed E-state index contributed by atoms with van der Waals surface area (Å²) in [6.07, 6.45) is 1.56. The Morgan fingerprint density at radius 2 is 1.38 bits per heavy atom. The maximum atomic E-state index is 13.8. The smallest absolute Gasteiger partial charge is 0.333 e. The van der Waals surface area contributed by atoms with Crippen LogP contribution >= 0.6 is 11.3 Å². The molecule has 0 atom stereocenters. The molecule has 0 fully saturated rings. The maximum absolute atomic E-state index is 13.8. The van der Waals surface area contributed by atoms with Crippen molar-refractivity contribution in [2.24, 2.45) is 0 Å². The van der Waals surface area contributed by atoms with Crippen LogP contribution in [0.1, 0.15) is 16.7 Å². The van der Waals surface area contributed by atoms with E-state index >= 15 is 0 Å². The molecule has 0 spiro atoms. The van der Waals surface area contributed by atoms with E-state index in [4.69, 9.17) is 4.74 Å². The van der Waals surface area contributed by atoms with Gasteiger partial charge in [0, 0.05) is 17.5 Å². The van der Waals surface area contributed by atoms with Crippen LogP contribution in [0.3, 0.4) is 0 Å². The Balaban J connectivity index is 1.11. The summed E-state index contributed by atoms with van der Waals surface area (Å²) in [4.78, 5) is 50.0. The van der Waals surface area contributed by atoms with Crippen LogP contribution in [0.4, 0.5) is 5.13 Å². The Bertz CT molecular complexity index is 2290. The van der Waals surface area contributed by atoms with Gasteiger partial charge in [-0.15, -0.1) is 11.3 Å². The fraction of sp³-hybridized carbons (Fsp3) is 0.108. The average molecular weight is 655 g/mol. The molecule has 3 aromatic heterocycles. The summed E-state index contributed by atoms with van der Waals surface area (Å²) in [5, 5.41) is 4.95. The van der Waals surface area contributed by atoms with E-state index in [1.807, 2.05) is 121 Å². The number of hydrogen-bond donors (Lipinski definition) is 1. The zero-order valence-electron chi connectivity index (χ0n) is 25.7. The number of carbonyl (C=O) groups is 1. The number of ether oxygens (including phenoxy) is 1. The largest absolute Gasteiger partial charge is 0.489 e. The molecule has 1 N–H and O–H groups in total. The zero-order chi connectivity index (χ0) is 32.9. The average Bonchev–Trinajstić information content (AvgIpc) is 3.77. The van der Waals surface area contributed by atoms with E-state index in [-0.39, 0.29) is 17.7 Å². The van der Waals surface area contributed by atoms with Crippen LogP contribution in [-0.4, -0.2) is 29.6 Å². The number of carbonyl (C=O) groups excluding carboxylic acids is 1. The van der Waals surface area contributed by atoms with Crippen molar-refractivity contribution in [3.63, 3.8) is 0 Å². The SMILES string of the molecule is O=C(Cn1c(=O)c2c(ncn2Cc2ccccc2)n(Cc2ccccc2)c1=O)Nc1nc(-c2ccc(OCc3ccccc3)cc2)cs1. The molecule has 0 bridgehead atoms. The van der Waals surface area contributed by atoms with E-state index in [9.17, 15) is 14.4 Å². The quantitative estimate of drug-likeness (QED) is 0.189. The molecule has 0 aliphatic rings. The molecule has 238 valence electrons. The number of aromatic nitrogens is 5. The van der Waals surface area contributed by atoms with Gasteiger partial charge in [0.05, 0.1) is 18.6 Å². The summed E-state index contributed by atoms with van der Waals surface area (Å²) in [7, 11) is 0. The fourth-order valence-corrected chi connectivity index (χ4v) is 6.15. The van der Waals surface area contributed by atoms with Crippen molar-refractivity contribution < 1.29 is 9.53 Å². The molecule has 0 unspecified atom stereocenters. The van der Waals surface area contributed by atoms with Crippen molar-refractivity contribution in [3.05, 3.63) is 164 Å². The standard InChI is InChI=1S/C37H30N6O4S/c44-32(40-36-39-31(24-48-36)29-16-18-30(19-17-29)47-23-28-14-8-3-9-15-28)22-43-35(45)33-34(38-25-41(33)20-26-10-4-1-5-11-26)42(37(43)46)21-27-12-6-2-7-13-27/h1-19,24-25H,20-23H2,(H,39,40,44). The molecule has 0 saturated heterocycles. The van der Waals surface area contributed by atoms with Crippen molar-refractivity contribution in [2.45, 2.75) is 26.2 Å². The summed E-state index contributed by atoms with van der Waals surface area (Å²) in [5.41, 5.74) is 3.75. The highest BCUT2D eigenvalue weighted by Gasteiger charge is 2.21. The van der Waals surface area contributed by atoms with Gasteiger partial charge in [-0.25, -0.2) is 19.3 Å². The Hall–Kier alpha value is -6.07. The van der Waals surface area contributed by atoms with Crippen LogP contribution in [-0.2, 0) is 31.0 Å². The molecular weight excluding hydrogens is 625 g/mol. The first-order chi connectivity index (χ1) is 23.5. The molecule has 0 radical (unpaired) electrons. The first-order valence-electron chi connectivity index (χ1n) is 15.3. The molecule has 7 rings (SSSR count). The topological polar surface area (TPSA) is 113 Å². The number of nitrogens with one attached hydrogen (secondary N) is 1. The fourth-order valence-electron chi connectivity index (χ4n) is 5.42. The van der Waals surface area contributed by atoms with Gasteiger partial charge >= 0.3 is 5.69 Å². The van der Waals surface area contributed by atoms with Crippen molar-refractivity contribution in [1.82, 2.24) is 23.7 Å². The molecule has 0 aliphatic heterocycles. The van der Waals surface area contributed by atoms with Crippen LogP contribution in [0.2, 0.25) is 0 Å². The van der Waals surface area contributed by atoms with Crippen molar-refractivity contribution in [3.8, 4) is 17.0 Å². The number of hydrogen-bond acceptors (Lipinski definition) is 7. The predicted octanol–water partition coefficient (Wildman–Crippen LogP) is 5.80. The van der Waals surface area contributed by atoms with Crippen LogP contribution < -0.4 is 21.3 Å². The van der Waals surface area contributed by atoms with Gasteiger partial charge in [0.15, 0.2) is 16.3 Å². The minimum Gasteiger partial charge on any atom is -0.489 e. The number of fused-ring (bicyclic) bond motifs is 1. The van der Waals surface area contributed by atoms with Gasteiger partial charge in [0.1, 0.15) is 18.9 Å². The van der Waals surface area contributed by atoms with Crippen LogP contribution in [0, 0.1) is 0 Å². The van der Waals surface area contributed by atoms with Gasteiger partial charge in [-0.3, -0.25) is 14.2 Å². The predicted molar refractivity (Wildman–Crippen MR) is 186 cm³/mol. The second-order valence-corrected chi connectivity index (χ2v) is 12.0. The van der Waals surface area contributed by atoms with Gasteiger partial charge in [-0.2, -0.15) is 0 Å². The monoisotopic (exact) mass is 654 g/mol. The molecule has 10 nitrogen and oxygen atoms in total. The van der Waals surface area contributed by atoms with Gasteiger partial charge in [0.25, 0.3) is 5.56 Å². The summed E-state index contributed by atoms with van der Waals surface area (Å²) < 4.78 is 10.0. The second kappa shape index (κ2) is 13.7. The third-order valence-corrected chi connectivity index (χ3v) is 8.57. The summed E-state index contributed by atoms with van der Waals surface area (Å²) in [5.74, 6) is 0.191. The molecule has 0 saturated carbocycles. The number of anilines is 1. The van der Waals surface area contributed by atoms with Crippen LogP contribution in [0.25, 0.3) is 22.4 Å². The Kier molecular flexibility index (Phi) is 8.75. The van der Waals surface area contributed by atoms with Crippen molar-refractivity contribution in [2.75, 3.05) is 5.32 Å². The minimum atomic E-state index is -0.620. The molecule has 48 heavy (non-hydrogen) atoms. The molecule has 4 aromatic carbocycles. The Labute approximate surface area is 279 Å². The number of thiazole rings is 1. The number of imidazole rings is 1. The molecule has 1 amide bonds. The highest BCUT2D eigenvalue weighted by Crippen LogP contribution is 2.27. The van der Waals surface area contributed by atoms with Crippen LogP contribution in [0.15, 0.2) is 137 Å². The van der Waals surface area contributed by atoms with E-state index in [2.05, 4.69) is 15.3 Å². The lowest BCUT2D eigenvalue weighted by Gasteiger charge is -2.13. The molecular formula is C37H30N6O4S. The summed E-state index contributed by atoms with van der Waals surface area (Å²) in [6.45, 7) is 0.549. The van der Waals surface area contributed by atoms with E-state index in [1.165, 1.54) is 15.9 Å². The summed E-state index contributed by atoms with van der Waals surface area (Å²) >= 11 is 1.26. The summed E-state index contributed by atoms with van der Waals surface area (Å²) in [6, 6.07) is 36.6. The maximum Gasteiger partial charge on any atom is 0.333 e. The van der Waals surface area contributed by atoms with E-state index in [1.54, 1.807) is 10.9 Å². The van der Waals surface area contributed by atoms with Crippen molar-refractivity contribution >= 4 is 33.5 Å². The molecule has 3 heterocycles. The lowest BCUT2D eigenvalue weighted by molar-refractivity contribution is -0.116. The number of nitrogens with zero attached hydrogens (tertiary/aromatic N) is 5.